The Hall–Kier alpha value is -6.39. The molecule has 6 amide bonds. The van der Waals surface area contributed by atoms with Crippen LogP contribution in [0.5, 0.6) is 5.75 Å². The SMILES string of the molecule is COc1cc(C(=O)N[C@H]2CCC[C@H](N3CCN(CCOCCNc4ccc5c(c4)C(=O)N(C4CCC(=O)NC4=O)C5=O)CC3)CC2)c(F)cc1Nc1ncc2c(n1)N(C1CCCC1)CC(F)(F)C(=O)N2C. The number of nitrogens with one attached hydrogen (secondary N) is 4. The van der Waals surface area contributed by atoms with Gasteiger partial charge in [-0.05, 0) is 75.6 Å². The number of piperazine rings is 1. The zero-order valence-electron chi connectivity index (χ0n) is 39.9. The summed E-state index contributed by atoms with van der Waals surface area (Å²) in [7, 11) is 2.66. The Kier molecular flexibility index (Phi) is 14.8. The van der Waals surface area contributed by atoms with Gasteiger partial charge < -0.3 is 35.2 Å². The number of methoxy groups -OCH3 is 1. The third kappa shape index (κ3) is 10.6. The fourth-order valence-corrected chi connectivity index (χ4v) is 10.8. The third-order valence-electron chi connectivity index (χ3n) is 14.7. The summed E-state index contributed by atoms with van der Waals surface area (Å²) in [6.45, 7) is 5.05. The van der Waals surface area contributed by atoms with E-state index in [1.165, 1.54) is 31.3 Å². The topological polar surface area (TPSA) is 211 Å². The fraction of sp³-hybridized carbons (Fsp3) is 0.551. The molecule has 4 aliphatic heterocycles. The van der Waals surface area contributed by atoms with Crippen LogP contribution < -0.4 is 35.8 Å². The van der Waals surface area contributed by atoms with Gasteiger partial charge in [0.25, 0.3) is 23.6 Å². The van der Waals surface area contributed by atoms with Crippen molar-refractivity contribution in [3.05, 3.63) is 59.0 Å². The highest BCUT2D eigenvalue weighted by atomic mass is 19.3. The second-order valence-electron chi connectivity index (χ2n) is 19.2. The van der Waals surface area contributed by atoms with Crippen molar-refractivity contribution in [1.29, 1.82) is 0 Å². The Morgan fingerprint density at radius 3 is 2.41 bits per heavy atom. The van der Waals surface area contributed by atoms with Gasteiger partial charge in [-0.3, -0.25) is 48.8 Å². The highest BCUT2D eigenvalue weighted by Gasteiger charge is 2.49. The summed E-state index contributed by atoms with van der Waals surface area (Å²) >= 11 is 0. The number of hydrogen-bond donors (Lipinski definition) is 4. The number of piperidine rings is 1. The molecule has 71 heavy (non-hydrogen) atoms. The predicted octanol–water partition coefficient (Wildman–Crippen LogP) is 4.31. The van der Waals surface area contributed by atoms with Gasteiger partial charge in [-0.25, -0.2) is 9.37 Å². The largest absolute Gasteiger partial charge is 0.495 e. The van der Waals surface area contributed by atoms with Gasteiger partial charge >= 0.3 is 5.92 Å². The molecule has 5 heterocycles. The summed E-state index contributed by atoms with van der Waals surface area (Å²) in [5.41, 5.74) is 1.18. The molecule has 1 unspecified atom stereocenters. The van der Waals surface area contributed by atoms with Crippen LogP contribution in [0.1, 0.15) is 102 Å². The van der Waals surface area contributed by atoms with E-state index >= 15 is 13.2 Å². The van der Waals surface area contributed by atoms with Crippen molar-refractivity contribution in [3.8, 4) is 5.75 Å². The molecule has 4 N–H and O–H groups in total. The van der Waals surface area contributed by atoms with Gasteiger partial charge in [-0.1, -0.05) is 12.8 Å². The highest BCUT2D eigenvalue weighted by molar-refractivity contribution is 6.23. The Balaban J connectivity index is 0.705. The van der Waals surface area contributed by atoms with Crippen LogP contribution in [-0.2, 0) is 19.1 Å². The molecule has 6 aliphatic rings. The van der Waals surface area contributed by atoms with Gasteiger partial charge in [-0.2, -0.15) is 13.8 Å². The molecule has 9 rings (SSSR count). The first-order chi connectivity index (χ1) is 34.2. The molecule has 2 saturated carbocycles. The summed E-state index contributed by atoms with van der Waals surface area (Å²) in [5, 5.41) is 11.4. The number of nitrogens with zero attached hydrogens (tertiary/aromatic N) is 7. The van der Waals surface area contributed by atoms with Crippen molar-refractivity contribution >= 4 is 64.3 Å². The van der Waals surface area contributed by atoms with Gasteiger partial charge in [0.1, 0.15) is 23.3 Å². The van der Waals surface area contributed by atoms with Crippen molar-refractivity contribution in [2.75, 3.05) is 93.6 Å². The molecular weight excluding hydrogens is 928 g/mol. The summed E-state index contributed by atoms with van der Waals surface area (Å²) in [6, 6.07) is 6.32. The van der Waals surface area contributed by atoms with Crippen molar-refractivity contribution < 1.29 is 51.4 Å². The maximum absolute atomic E-state index is 15.8. The van der Waals surface area contributed by atoms with Crippen LogP contribution in [0, 0.1) is 5.82 Å². The molecule has 22 heteroatoms. The van der Waals surface area contributed by atoms with Crippen molar-refractivity contribution in [2.45, 2.75) is 101 Å². The summed E-state index contributed by atoms with van der Waals surface area (Å²) in [4.78, 5) is 93.4. The van der Waals surface area contributed by atoms with E-state index in [0.29, 0.717) is 44.3 Å². The number of benzene rings is 2. The molecule has 1 aromatic heterocycles. The fourth-order valence-electron chi connectivity index (χ4n) is 10.8. The minimum Gasteiger partial charge on any atom is -0.495 e. The number of carbonyl (C=O) groups excluding carboxylic acids is 6. The number of rotatable bonds is 15. The van der Waals surface area contributed by atoms with Crippen LogP contribution in [0.4, 0.5) is 42.0 Å². The lowest BCUT2D eigenvalue weighted by atomic mass is 10.0. The van der Waals surface area contributed by atoms with Crippen LogP contribution in [0.25, 0.3) is 0 Å². The number of hydrogen-bond acceptors (Lipinski definition) is 15. The molecule has 3 atom stereocenters. The van der Waals surface area contributed by atoms with Crippen molar-refractivity contribution in [1.82, 2.24) is 35.3 Å². The first-order valence-corrected chi connectivity index (χ1v) is 24.6. The molecule has 19 nitrogen and oxygen atoms in total. The minimum absolute atomic E-state index is 0.0164. The second kappa shape index (κ2) is 21.1. The van der Waals surface area contributed by atoms with Gasteiger partial charge in [0, 0.05) is 82.6 Å². The molecule has 2 saturated heterocycles. The normalized spacial score (nSPS) is 23.3. The molecule has 0 bridgehead atoms. The van der Waals surface area contributed by atoms with Crippen LogP contribution >= 0.6 is 0 Å². The first kappa shape index (κ1) is 49.6. The van der Waals surface area contributed by atoms with Crippen LogP contribution in [0.15, 0.2) is 36.5 Å². The minimum atomic E-state index is -3.63. The van der Waals surface area contributed by atoms with E-state index in [0.717, 1.165) is 93.5 Å². The van der Waals surface area contributed by atoms with E-state index < -0.39 is 59.8 Å². The number of fused-ring (bicyclic) bond motifs is 2. The standard InChI is InChI=1S/C49H60F3N11O8/c1-59-39-27-54-48(58-42(39)62(32-7-3-4-8-32)28-49(51,52)47(59)69)56-37-26-36(50)35(25-40(37)70-2)43(65)55-29-6-5-9-31(12-10-29)61-19-17-60(18-20-61)21-23-71-22-16-53-30-11-13-33-34(24-30)46(68)63(45(33)67)38-14-15-41(64)57-44(38)66/h11,13,24-27,29,31-32,38,53H,3-10,12,14-23,28H2,1-2H3,(H,55,65)(H,54,56,58)(H,57,64,66)/t29-,31-,38?/m0/s1. The van der Waals surface area contributed by atoms with E-state index in [1.54, 1.807) is 18.2 Å². The quantitative estimate of drug-likeness (QED) is 0.0951. The van der Waals surface area contributed by atoms with Gasteiger partial charge in [-0.15, -0.1) is 0 Å². The van der Waals surface area contributed by atoms with Crippen molar-refractivity contribution in [2.24, 2.45) is 0 Å². The molecule has 4 fully saturated rings. The number of halogens is 3. The third-order valence-corrected chi connectivity index (χ3v) is 14.7. The number of amides is 6. The summed E-state index contributed by atoms with van der Waals surface area (Å²) in [6.07, 6.45) is 8.88. The Morgan fingerprint density at radius 2 is 1.65 bits per heavy atom. The van der Waals surface area contributed by atoms with Gasteiger partial charge in [0.2, 0.25) is 17.8 Å². The zero-order chi connectivity index (χ0) is 50.0. The number of carbonyl (C=O) groups is 6. The summed E-state index contributed by atoms with van der Waals surface area (Å²) in [5.74, 6) is -8.17. The first-order valence-electron chi connectivity index (χ1n) is 24.6. The molecule has 2 aliphatic carbocycles. The van der Waals surface area contributed by atoms with Gasteiger partial charge in [0.05, 0.1) is 55.4 Å². The van der Waals surface area contributed by atoms with E-state index in [1.807, 2.05) is 0 Å². The van der Waals surface area contributed by atoms with E-state index in [9.17, 15) is 28.8 Å². The molecule has 0 spiro atoms. The monoisotopic (exact) mass is 987 g/mol. The van der Waals surface area contributed by atoms with Crippen molar-refractivity contribution in [3.63, 3.8) is 0 Å². The Bertz CT molecular complexity index is 2560. The number of imide groups is 2. The zero-order valence-corrected chi connectivity index (χ0v) is 39.9. The lowest BCUT2D eigenvalue weighted by molar-refractivity contribution is -0.140. The van der Waals surface area contributed by atoms with Crippen LogP contribution in [0.2, 0.25) is 0 Å². The Morgan fingerprint density at radius 1 is 0.887 bits per heavy atom. The van der Waals surface area contributed by atoms with E-state index in [-0.39, 0.29) is 70.5 Å². The predicted molar refractivity (Wildman–Crippen MR) is 255 cm³/mol. The molecule has 0 radical (unpaired) electrons. The van der Waals surface area contributed by atoms with E-state index in [2.05, 4.69) is 41.0 Å². The smallest absolute Gasteiger partial charge is 0.342 e. The van der Waals surface area contributed by atoms with E-state index in [4.69, 9.17) is 9.47 Å². The maximum Gasteiger partial charge on any atom is 0.342 e. The lowest BCUT2D eigenvalue weighted by Gasteiger charge is -2.39. The number of aromatic nitrogens is 2. The number of ether oxygens (including phenoxy) is 2. The molecule has 2 aromatic carbocycles. The summed E-state index contributed by atoms with van der Waals surface area (Å²) < 4.78 is 57.5. The maximum atomic E-state index is 15.8. The number of anilines is 5. The van der Waals surface area contributed by atoms with Gasteiger partial charge in [0.15, 0.2) is 5.82 Å². The van der Waals surface area contributed by atoms with Crippen LogP contribution in [-0.4, -0.2) is 163 Å². The Labute approximate surface area is 409 Å². The van der Waals surface area contributed by atoms with Crippen LogP contribution in [0.3, 0.4) is 0 Å². The molecular formula is C49H60F3N11O8. The second-order valence-corrected chi connectivity index (χ2v) is 19.2. The lowest BCUT2D eigenvalue weighted by Crippen LogP contribution is -2.54. The average molecular weight is 988 g/mol. The number of alkyl halides is 2. The molecule has 380 valence electrons. The molecule has 3 aromatic rings. The average Bonchev–Trinajstić information content (AvgIpc) is 3.88. The highest BCUT2D eigenvalue weighted by Crippen LogP contribution is 2.40.